The Kier molecular flexibility index (Phi) is 2.78. The molecule has 2 heterocycles. The number of halogens is 2. The van der Waals surface area contributed by atoms with Crippen molar-refractivity contribution >= 4 is 5.82 Å². The Morgan fingerprint density at radius 1 is 1.25 bits per heavy atom. The lowest BCUT2D eigenvalue weighted by Crippen LogP contribution is -1.98. The predicted molar refractivity (Wildman–Crippen MR) is 70.7 cm³/mol. The number of aromatic nitrogens is 2. The van der Waals surface area contributed by atoms with E-state index < -0.39 is 11.6 Å². The van der Waals surface area contributed by atoms with Gasteiger partial charge in [-0.2, -0.15) is 5.10 Å². The molecule has 0 fully saturated rings. The molecule has 0 amide bonds. The maximum atomic E-state index is 14.0. The van der Waals surface area contributed by atoms with Gasteiger partial charge in [0.15, 0.2) is 5.76 Å². The van der Waals surface area contributed by atoms with Crippen LogP contribution < -0.4 is 5.73 Å². The summed E-state index contributed by atoms with van der Waals surface area (Å²) in [5.74, 6) is -0.594. The highest BCUT2D eigenvalue weighted by Crippen LogP contribution is 2.37. The Balaban J connectivity index is 2.28. The molecule has 3 aromatic rings. The lowest BCUT2D eigenvalue weighted by Gasteiger charge is -2.04. The summed E-state index contributed by atoms with van der Waals surface area (Å²) in [6.07, 6.45) is 1.49. The molecule has 4 nitrogen and oxygen atoms in total. The van der Waals surface area contributed by atoms with Gasteiger partial charge in [0.05, 0.1) is 11.8 Å². The van der Waals surface area contributed by atoms with Crippen LogP contribution in [-0.2, 0) is 7.05 Å². The Bertz CT molecular complexity index is 763. The van der Waals surface area contributed by atoms with Gasteiger partial charge in [0.2, 0.25) is 0 Å². The first-order chi connectivity index (χ1) is 9.58. The first-order valence-electron chi connectivity index (χ1n) is 5.89. The number of rotatable bonds is 2. The molecule has 1 aromatic carbocycles. The van der Waals surface area contributed by atoms with Crippen molar-refractivity contribution in [3.63, 3.8) is 0 Å². The second kappa shape index (κ2) is 4.48. The van der Waals surface area contributed by atoms with Gasteiger partial charge in [-0.1, -0.05) is 0 Å². The summed E-state index contributed by atoms with van der Waals surface area (Å²) in [6, 6.07) is 6.73. The van der Waals surface area contributed by atoms with Gasteiger partial charge in [0.25, 0.3) is 0 Å². The van der Waals surface area contributed by atoms with Gasteiger partial charge >= 0.3 is 0 Å². The fraction of sp³-hybridized carbons (Fsp3) is 0.0714. The Morgan fingerprint density at radius 2 is 2.05 bits per heavy atom. The molecule has 0 saturated carbocycles. The van der Waals surface area contributed by atoms with E-state index >= 15 is 0 Å². The summed E-state index contributed by atoms with van der Waals surface area (Å²) in [4.78, 5) is 0. The molecule has 0 radical (unpaired) electrons. The zero-order valence-corrected chi connectivity index (χ0v) is 10.6. The summed E-state index contributed by atoms with van der Waals surface area (Å²) >= 11 is 0. The molecule has 0 aliphatic heterocycles. The zero-order chi connectivity index (χ0) is 14.3. The van der Waals surface area contributed by atoms with Crippen LogP contribution in [0, 0.1) is 11.6 Å². The fourth-order valence-corrected chi connectivity index (χ4v) is 2.08. The second-order valence-corrected chi connectivity index (χ2v) is 4.33. The topological polar surface area (TPSA) is 57.0 Å². The molecule has 0 spiro atoms. The predicted octanol–water partition coefficient (Wildman–Crippen LogP) is 3.21. The van der Waals surface area contributed by atoms with E-state index in [4.69, 9.17) is 10.2 Å². The van der Waals surface area contributed by atoms with Crippen LogP contribution in [0.5, 0.6) is 0 Å². The van der Waals surface area contributed by atoms with E-state index in [0.29, 0.717) is 17.0 Å². The molecule has 0 bridgehead atoms. The smallest absolute Gasteiger partial charge is 0.154 e. The number of nitrogens with two attached hydrogens (primary N) is 1. The Morgan fingerprint density at radius 3 is 2.70 bits per heavy atom. The maximum Gasteiger partial charge on any atom is 0.154 e. The third-order valence-corrected chi connectivity index (χ3v) is 3.05. The van der Waals surface area contributed by atoms with Crippen LogP contribution in [0.25, 0.3) is 22.6 Å². The monoisotopic (exact) mass is 275 g/mol. The number of hydrogen-bond donors (Lipinski definition) is 1. The van der Waals surface area contributed by atoms with Gasteiger partial charge in [-0.05, 0) is 24.3 Å². The van der Waals surface area contributed by atoms with E-state index in [1.54, 1.807) is 19.2 Å². The second-order valence-electron chi connectivity index (χ2n) is 4.33. The molecular formula is C14H11F2N3O. The average Bonchev–Trinajstić information content (AvgIpc) is 3.01. The van der Waals surface area contributed by atoms with E-state index in [2.05, 4.69) is 5.10 Å². The molecule has 0 aliphatic rings. The highest BCUT2D eigenvalue weighted by molar-refractivity contribution is 5.86. The van der Waals surface area contributed by atoms with E-state index in [0.717, 1.165) is 6.07 Å². The highest BCUT2D eigenvalue weighted by Gasteiger charge is 2.21. The summed E-state index contributed by atoms with van der Waals surface area (Å²) in [5, 5.41) is 4.23. The van der Waals surface area contributed by atoms with Crippen molar-refractivity contribution in [2.75, 3.05) is 5.73 Å². The molecule has 0 atom stereocenters. The first kappa shape index (κ1) is 12.4. The highest BCUT2D eigenvalue weighted by atomic mass is 19.1. The minimum absolute atomic E-state index is 0.184. The van der Waals surface area contributed by atoms with Gasteiger partial charge < -0.3 is 10.2 Å². The number of anilines is 1. The van der Waals surface area contributed by atoms with E-state index in [1.807, 2.05) is 0 Å². The number of aryl methyl sites for hydroxylation is 1. The van der Waals surface area contributed by atoms with Crippen molar-refractivity contribution < 1.29 is 13.2 Å². The van der Waals surface area contributed by atoms with Crippen LogP contribution >= 0.6 is 0 Å². The minimum Gasteiger partial charge on any atom is -0.463 e. The van der Waals surface area contributed by atoms with Crippen LogP contribution in [0.15, 0.2) is 41.0 Å². The number of nitrogens with zero attached hydrogens (tertiary/aromatic N) is 2. The molecule has 3 rings (SSSR count). The molecule has 20 heavy (non-hydrogen) atoms. The molecule has 0 unspecified atom stereocenters. The SMILES string of the molecule is Cn1nc(-c2ccco2)c(-c2ccc(F)cc2F)c1N. The van der Waals surface area contributed by atoms with Gasteiger partial charge in [-0.25, -0.2) is 8.78 Å². The van der Waals surface area contributed by atoms with Crippen molar-refractivity contribution in [3.05, 3.63) is 48.2 Å². The number of benzene rings is 1. The number of hydrogen-bond acceptors (Lipinski definition) is 3. The maximum absolute atomic E-state index is 14.0. The molecule has 2 aromatic heterocycles. The standard InChI is InChI=1S/C14H11F2N3O/c1-19-14(17)12(9-5-4-8(15)7-10(9)16)13(18-19)11-3-2-6-20-11/h2-7H,17H2,1H3. The van der Waals surface area contributed by atoms with Crippen molar-refractivity contribution in [2.45, 2.75) is 0 Å². The van der Waals surface area contributed by atoms with Gasteiger partial charge in [-0.15, -0.1) is 0 Å². The first-order valence-corrected chi connectivity index (χ1v) is 5.89. The molecule has 0 aliphatic carbocycles. The van der Waals surface area contributed by atoms with Crippen LogP contribution in [0.3, 0.4) is 0 Å². The Hall–Kier alpha value is -2.63. The van der Waals surface area contributed by atoms with Crippen LogP contribution in [0.2, 0.25) is 0 Å². The third kappa shape index (κ3) is 1.85. The average molecular weight is 275 g/mol. The van der Waals surface area contributed by atoms with E-state index in [1.165, 1.54) is 23.1 Å². The zero-order valence-electron chi connectivity index (χ0n) is 10.6. The lowest BCUT2D eigenvalue weighted by atomic mass is 10.0. The van der Waals surface area contributed by atoms with Gasteiger partial charge in [-0.3, -0.25) is 4.68 Å². The summed E-state index contributed by atoms with van der Waals surface area (Å²) < 4.78 is 33.7. The fourth-order valence-electron chi connectivity index (χ4n) is 2.08. The van der Waals surface area contributed by atoms with Crippen LogP contribution in [-0.4, -0.2) is 9.78 Å². The summed E-state index contributed by atoms with van der Waals surface area (Å²) in [5.41, 5.74) is 6.94. The van der Waals surface area contributed by atoms with Crippen molar-refractivity contribution in [1.82, 2.24) is 9.78 Å². The number of furan rings is 1. The largest absolute Gasteiger partial charge is 0.463 e. The quantitative estimate of drug-likeness (QED) is 0.781. The molecule has 2 N–H and O–H groups in total. The lowest BCUT2D eigenvalue weighted by molar-refractivity contribution is 0.577. The molecule has 6 heteroatoms. The van der Waals surface area contributed by atoms with Crippen molar-refractivity contribution in [3.8, 4) is 22.6 Å². The van der Waals surface area contributed by atoms with E-state index in [-0.39, 0.29) is 11.4 Å². The molecule has 102 valence electrons. The molecular weight excluding hydrogens is 264 g/mol. The van der Waals surface area contributed by atoms with Crippen molar-refractivity contribution in [1.29, 1.82) is 0 Å². The Labute approximate surface area is 113 Å². The van der Waals surface area contributed by atoms with Gasteiger partial charge in [0, 0.05) is 18.7 Å². The van der Waals surface area contributed by atoms with Gasteiger partial charge in [0.1, 0.15) is 23.1 Å². The third-order valence-electron chi connectivity index (χ3n) is 3.05. The number of nitrogen functional groups attached to an aromatic ring is 1. The van der Waals surface area contributed by atoms with E-state index in [9.17, 15) is 8.78 Å². The molecule has 0 saturated heterocycles. The normalized spacial score (nSPS) is 10.9. The summed E-state index contributed by atoms with van der Waals surface area (Å²) in [6.45, 7) is 0. The van der Waals surface area contributed by atoms with Crippen LogP contribution in [0.4, 0.5) is 14.6 Å². The van der Waals surface area contributed by atoms with Crippen LogP contribution in [0.1, 0.15) is 0 Å². The summed E-state index contributed by atoms with van der Waals surface area (Å²) in [7, 11) is 1.65. The van der Waals surface area contributed by atoms with Crippen molar-refractivity contribution in [2.24, 2.45) is 7.05 Å². The minimum atomic E-state index is -0.697.